The number of alkyl halides is 2. The van der Waals surface area contributed by atoms with E-state index in [9.17, 15) is 13.6 Å². The first kappa shape index (κ1) is 19.1. The molecule has 6 rings (SSSR count). The third kappa shape index (κ3) is 3.28. The number of fused-ring (bicyclic) bond motifs is 1. The Morgan fingerprint density at radius 2 is 2.10 bits per heavy atom. The molecular formula is C22H24F2N2O2S. The zero-order chi connectivity index (χ0) is 20.2. The lowest BCUT2D eigenvalue weighted by Crippen LogP contribution is -2.53. The van der Waals surface area contributed by atoms with Gasteiger partial charge in [-0.25, -0.2) is 13.8 Å². The molecule has 2 heterocycles. The second-order valence-electron chi connectivity index (χ2n) is 8.70. The average molecular weight is 419 g/mol. The second-order valence-corrected chi connectivity index (χ2v) is 9.59. The molecule has 0 radical (unpaired) electrons. The maximum Gasteiger partial charge on any atom is 0.264 e. The number of amides is 1. The van der Waals surface area contributed by atoms with Crippen molar-refractivity contribution in [3.05, 3.63) is 40.2 Å². The Labute approximate surface area is 172 Å². The van der Waals surface area contributed by atoms with Crippen molar-refractivity contribution in [2.24, 2.45) is 11.3 Å². The molecule has 154 valence electrons. The van der Waals surface area contributed by atoms with Gasteiger partial charge in [0.1, 0.15) is 11.1 Å². The summed E-state index contributed by atoms with van der Waals surface area (Å²) < 4.78 is 32.8. The summed E-state index contributed by atoms with van der Waals surface area (Å²) in [5.41, 5.74) is 0.846. The lowest BCUT2D eigenvalue weighted by molar-refractivity contribution is -0.159. The van der Waals surface area contributed by atoms with Crippen LogP contribution in [0, 0.1) is 11.3 Å². The van der Waals surface area contributed by atoms with Crippen LogP contribution in [-0.4, -0.2) is 35.0 Å². The summed E-state index contributed by atoms with van der Waals surface area (Å²) in [4.78, 5) is 19.8. The van der Waals surface area contributed by atoms with E-state index in [0.717, 1.165) is 30.2 Å². The minimum atomic E-state index is -2.55. The molecule has 3 saturated carbocycles. The van der Waals surface area contributed by atoms with Gasteiger partial charge < -0.3 is 9.64 Å². The molecule has 1 saturated heterocycles. The number of aromatic nitrogens is 1. The first-order valence-corrected chi connectivity index (χ1v) is 11.1. The summed E-state index contributed by atoms with van der Waals surface area (Å²) in [5, 5.41) is 2.54. The Bertz CT molecular complexity index is 920. The van der Waals surface area contributed by atoms with Crippen LogP contribution in [0.15, 0.2) is 29.6 Å². The molecule has 2 bridgehead atoms. The van der Waals surface area contributed by atoms with Crippen molar-refractivity contribution in [1.29, 1.82) is 0 Å². The Morgan fingerprint density at radius 3 is 2.83 bits per heavy atom. The second kappa shape index (κ2) is 7.13. The highest BCUT2D eigenvalue weighted by Gasteiger charge is 2.56. The van der Waals surface area contributed by atoms with E-state index >= 15 is 0 Å². The SMILES string of the molecule is C[C@@H]1CN(C(=O)C23CCC(C2)C3)C[C@H](c2nc(-c3ccccc3C(F)F)cs2)O1. The quantitative estimate of drug-likeness (QED) is 0.683. The van der Waals surface area contributed by atoms with Crippen molar-refractivity contribution < 1.29 is 18.3 Å². The molecule has 2 atom stereocenters. The number of benzene rings is 1. The molecule has 0 spiro atoms. The number of rotatable bonds is 4. The average Bonchev–Trinajstić information content (AvgIpc) is 3.42. The van der Waals surface area contributed by atoms with Gasteiger partial charge in [0.05, 0.1) is 18.3 Å². The van der Waals surface area contributed by atoms with E-state index in [0.29, 0.717) is 24.3 Å². The van der Waals surface area contributed by atoms with Gasteiger partial charge in [-0.15, -0.1) is 11.3 Å². The smallest absolute Gasteiger partial charge is 0.264 e. The predicted octanol–water partition coefficient (Wildman–Crippen LogP) is 5.23. The lowest BCUT2D eigenvalue weighted by Gasteiger charge is -2.44. The molecule has 29 heavy (non-hydrogen) atoms. The number of ether oxygens (including phenoxy) is 1. The van der Waals surface area contributed by atoms with E-state index in [1.807, 2.05) is 11.8 Å². The predicted molar refractivity (Wildman–Crippen MR) is 107 cm³/mol. The topological polar surface area (TPSA) is 42.4 Å². The number of hydrogen-bond donors (Lipinski definition) is 0. The van der Waals surface area contributed by atoms with E-state index < -0.39 is 6.43 Å². The highest BCUT2D eigenvalue weighted by atomic mass is 32.1. The van der Waals surface area contributed by atoms with E-state index in [4.69, 9.17) is 4.74 Å². The van der Waals surface area contributed by atoms with Crippen LogP contribution < -0.4 is 0 Å². The van der Waals surface area contributed by atoms with Crippen molar-refractivity contribution in [3.8, 4) is 11.3 Å². The van der Waals surface area contributed by atoms with Gasteiger partial charge in [0, 0.05) is 28.5 Å². The Morgan fingerprint density at radius 1 is 1.31 bits per heavy atom. The monoisotopic (exact) mass is 418 g/mol. The van der Waals surface area contributed by atoms with Crippen LogP contribution >= 0.6 is 11.3 Å². The highest BCUT2D eigenvalue weighted by molar-refractivity contribution is 7.10. The molecule has 0 N–H and O–H groups in total. The van der Waals surface area contributed by atoms with Crippen molar-refractivity contribution in [1.82, 2.24) is 9.88 Å². The molecule has 7 heteroatoms. The third-order valence-electron chi connectivity index (χ3n) is 6.66. The fourth-order valence-electron chi connectivity index (χ4n) is 5.28. The van der Waals surface area contributed by atoms with Crippen molar-refractivity contribution in [3.63, 3.8) is 0 Å². The normalized spacial score (nSPS) is 31.2. The van der Waals surface area contributed by atoms with Crippen molar-refractivity contribution in [2.75, 3.05) is 13.1 Å². The summed E-state index contributed by atoms with van der Waals surface area (Å²) in [6.07, 6.45) is 1.32. The van der Waals surface area contributed by atoms with Crippen LogP contribution in [0.3, 0.4) is 0 Å². The maximum absolute atomic E-state index is 13.4. The number of morpholine rings is 1. The van der Waals surface area contributed by atoms with Gasteiger partial charge in [-0.2, -0.15) is 0 Å². The number of nitrogens with zero attached hydrogens (tertiary/aromatic N) is 2. The minimum Gasteiger partial charge on any atom is -0.364 e. The first-order chi connectivity index (χ1) is 13.9. The first-order valence-electron chi connectivity index (χ1n) is 10.2. The van der Waals surface area contributed by atoms with Gasteiger partial charge >= 0.3 is 0 Å². The van der Waals surface area contributed by atoms with E-state index in [2.05, 4.69) is 4.98 Å². The number of carbonyl (C=O) groups excluding carboxylic acids is 1. The van der Waals surface area contributed by atoms with Crippen LogP contribution in [0.2, 0.25) is 0 Å². The van der Waals surface area contributed by atoms with Gasteiger partial charge in [-0.3, -0.25) is 4.79 Å². The minimum absolute atomic E-state index is 0.0149. The maximum atomic E-state index is 13.4. The number of hydrogen-bond acceptors (Lipinski definition) is 4. The van der Waals surface area contributed by atoms with Gasteiger partial charge in [0.2, 0.25) is 5.91 Å². The summed E-state index contributed by atoms with van der Waals surface area (Å²) in [7, 11) is 0. The standard InChI is InChI=1S/C22H24F2N2O2S/c1-13-10-26(21(27)22-7-6-14(8-22)9-22)11-18(28-13)20-25-17(12-29-20)15-4-2-3-5-16(15)19(23)24/h2-5,12-14,18-19H,6-11H2,1H3/t13-,14?,18-,22?/m1/s1. The zero-order valence-electron chi connectivity index (χ0n) is 16.3. The molecule has 1 aliphatic heterocycles. The molecule has 4 aliphatic rings. The summed E-state index contributed by atoms with van der Waals surface area (Å²) in [6, 6.07) is 6.46. The fourth-order valence-corrected chi connectivity index (χ4v) is 6.13. The van der Waals surface area contributed by atoms with Crippen LogP contribution in [0.4, 0.5) is 8.78 Å². The van der Waals surface area contributed by atoms with Crippen LogP contribution in [0.1, 0.15) is 55.7 Å². The summed E-state index contributed by atoms with van der Waals surface area (Å²) in [6.45, 7) is 3.07. The zero-order valence-corrected chi connectivity index (χ0v) is 17.1. The molecule has 4 nitrogen and oxygen atoms in total. The lowest BCUT2D eigenvalue weighted by atomic mass is 9.68. The number of halogens is 2. The summed E-state index contributed by atoms with van der Waals surface area (Å²) >= 11 is 1.41. The Hall–Kier alpha value is -1.86. The molecule has 1 aromatic heterocycles. The summed E-state index contributed by atoms with van der Waals surface area (Å²) in [5.74, 6) is 1.01. The Balaban J connectivity index is 1.37. The van der Waals surface area contributed by atoms with Crippen LogP contribution in [-0.2, 0) is 9.53 Å². The number of thiazole rings is 1. The third-order valence-corrected chi connectivity index (χ3v) is 7.60. The molecule has 1 aromatic carbocycles. The van der Waals surface area contributed by atoms with E-state index in [-0.39, 0.29) is 29.1 Å². The molecule has 1 amide bonds. The van der Waals surface area contributed by atoms with Crippen LogP contribution in [0.25, 0.3) is 11.3 Å². The van der Waals surface area contributed by atoms with Crippen molar-refractivity contribution in [2.45, 2.75) is 51.2 Å². The molecule has 2 aromatic rings. The number of carbonyl (C=O) groups is 1. The van der Waals surface area contributed by atoms with Crippen molar-refractivity contribution >= 4 is 17.2 Å². The van der Waals surface area contributed by atoms with E-state index in [1.165, 1.54) is 23.8 Å². The van der Waals surface area contributed by atoms with Gasteiger partial charge in [0.25, 0.3) is 6.43 Å². The van der Waals surface area contributed by atoms with E-state index in [1.54, 1.807) is 23.6 Å². The van der Waals surface area contributed by atoms with Gasteiger partial charge in [-0.05, 0) is 38.5 Å². The largest absolute Gasteiger partial charge is 0.364 e. The van der Waals surface area contributed by atoms with Gasteiger partial charge in [0.15, 0.2) is 0 Å². The fraction of sp³-hybridized carbons (Fsp3) is 0.545. The molecule has 0 unspecified atom stereocenters. The molecule has 4 fully saturated rings. The molecular weight excluding hydrogens is 394 g/mol. The van der Waals surface area contributed by atoms with Crippen LogP contribution in [0.5, 0.6) is 0 Å². The Kier molecular flexibility index (Phi) is 4.70. The highest BCUT2D eigenvalue weighted by Crippen LogP contribution is 2.59. The molecule has 3 aliphatic carbocycles. The van der Waals surface area contributed by atoms with Gasteiger partial charge in [-0.1, -0.05) is 24.3 Å².